The Morgan fingerprint density at radius 2 is 1.97 bits per heavy atom. The van der Waals surface area contributed by atoms with Gasteiger partial charge < -0.3 is 10.0 Å². The summed E-state index contributed by atoms with van der Waals surface area (Å²) in [6.45, 7) is 7.68. The summed E-state index contributed by atoms with van der Waals surface area (Å²) in [4.78, 5) is 21.6. The van der Waals surface area contributed by atoms with Crippen LogP contribution in [0, 0.1) is 24.2 Å². The molecule has 3 heterocycles. The van der Waals surface area contributed by atoms with Crippen molar-refractivity contribution in [2.24, 2.45) is 17.3 Å². The van der Waals surface area contributed by atoms with Crippen molar-refractivity contribution in [3.63, 3.8) is 0 Å². The number of aryl methyl sites for hydroxylation is 1. The molecule has 5 heteroatoms. The van der Waals surface area contributed by atoms with Crippen LogP contribution < -0.4 is 0 Å². The fourth-order valence-corrected chi connectivity index (χ4v) is 6.06. The molecule has 5 nitrogen and oxygen atoms in total. The highest BCUT2D eigenvalue weighted by atomic mass is 16.4. The molecule has 1 spiro atoms. The van der Waals surface area contributed by atoms with Crippen LogP contribution in [0.25, 0.3) is 0 Å². The largest absolute Gasteiger partial charge is 0.481 e. The van der Waals surface area contributed by atoms with E-state index in [1.807, 2.05) is 13.0 Å². The number of hydrogen-bond donors (Lipinski definition) is 1. The van der Waals surface area contributed by atoms with Gasteiger partial charge in [0.1, 0.15) is 0 Å². The van der Waals surface area contributed by atoms with Crippen LogP contribution in [0.2, 0.25) is 0 Å². The van der Waals surface area contributed by atoms with Crippen molar-refractivity contribution in [3.05, 3.63) is 29.6 Å². The zero-order valence-corrected chi connectivity index (χ0v) is 18.0. The van der Waals surface area contributed by atoms with Gasteiger partial charge in [0.2, 0.25) is 0 Å². The van der Waals surface area contributed by atoms with Crippen molar-refractivity contribution < 1.29 is 9.90 Å². The van der Waals surface area contributed by atoms with E-state index in [0.29, 0.717) is 0 Å². The Bertz CT molecular complexity index is 693. The van der Waals surface area contributed by atoms with E-state index in [1.54, 1.807) is 0 Å². The van der Waals surface area contributed by atoms with Gasteiger partial charge in [0.15, 0.2) is 0 Å². The first-order chi connectivity index (χ1) is 14.0. The van der Waals surface area contributed by atoms with E-state index in [0.717, 1.165) is 69.4 Å². The Balaban J connectivity index is 1.30. The maximum atomic E-state index is 12.1. The Kier molecular flexibility index (Phi) is 6.55. The van der Waals surface area contributed by atoms with Gasteiger partial charge in [0.25, 0.3) is 0 Å². The molecule has 1 atom stereocenters. The standard InChI is InChI=1S/C24H37N3O2/c1-19-6-4-10-21(25-19)16-26-14-11-24(12-15-26)18-27(17-22(24)23(28)29)13-5-9-20-7-2-3-8-20/h4,6,10,20,22H,2-3,5,7-9,11-18H2,1H3,(H,28,29). The van der Waals surface area contributed by atoms with Crippen LogP contribution in [0.4, 0.5) is 0 Å². The lowest BCUT2D eigenvalue weighted by Crippen LogP contribution is -2.45. The highest BCUT2D eigenvalue weighted by Gasteiger charge is 2.51. The van der Waals surface area contributed by atoms with E-state index < -0.39 is 5.97 Å². The number of carboxylic acid groups (broad SMARTS) is 1. The second-order valence-electron chi connectivity index (χ2n) is 9.83. The first kappa shape index (κ1) is 20.8. The Morgan fingerprint density at radius 1 is 1.21 bits per heavy atom. The van der Waals surface area contributed by atoms with Crippen molar-refractivity contribution in [3.8, 4) is 0 Å². The highest BCUT2D eigenvalue weighted by molar-refractivity contribution is 5.72. The summed E-state index contributed by atoms with van der Waals surface area (Å²) in [6.07, 6.45) is 10.2. The van der Waals surface area contributed by atoms with E-state index >= 15 is 0 Å². The number of aromatic nitrogens is 1. The lowest BCUT2D eigenvalue weighted by atomic mass is 9.71. The fourth-order valence-electron chi connectivity index (χ4n) is 6.06. The molecule has 1 unspecified atom stereocenters. The first-order valence-corrected chi connectivity index (χ1v) is 11.6. The lowest BCUT2D eigenvalue weighted by molar-refractivity contribution is -0.146. The second-order valence-corrected chi connectivity index (χ2v) is 9.83. The molecule has 1 aromatic rings. The molecular formula is C24H37N3O2. The summed E-state index contributed by atoms with van der Waals surface area (Å²) >= 11 is 0. The number of hydrogen-bond acceptors (Lipinski definition) is 4. The molecule has 3 aliphatic rings. The van der Waals surface area contributed by atoms with Gasteiger partial charge in [-0.25, -0.2) is 0 Å². The fraction of sp³-hybridized carbons (Fsp3) is 0.750. The summed E-state index contributed by atoms with van der Waals surface area (Å²) in [7, 11) is 0. The molecular weight excluding hydrogens is 362 g/mol. The molecule has 160 valence electrons. The zero-order valence-electron chi connectivity index (χ0n) is 18.0. The normalized spacial score (nSPS) is 25.8. The van der Waals surface area contributed by atoms with E-state index in [2.05, 4.69) is 26.9 Å². The zero-order chi connectivity index (χ0) is 20.3. The third-order valence-corrected chi connectivity index (χ3v) is 7.76. The van der Waals surface area contributed by atoms with Crippen molar-refractivity contribution in [1.29, 1.82) is 0 Å². The number of carbonyl (C=O) groups is 1. The van der Waals surface area contributed by atoms with Crippen molar-refractivity contribution in [1.82, 2.24) is 14.8 Å². The average Bonchev–Trinajstić information content (AvgIpc) is 3.32. The van der Waals surface area contributed by atoms with E-state index in [1.165, 1.54) is 38.5 Å². The van der Waals surface area contributed by atoms with Gasteiger partial charge in [0.05, 0.1) is 11.6 Å². The quantitative estimate of drug-likeness (QED) is 0.752. The monoisotopic (exact) mass is 399 g/mol. The molecule has 2 aliphatic heterocycles. The van der Waals surface area contributed by atoms with Crippen LogP contribution in [-0.2, 0) is 11.3 Å². The highest BCUT2D eigenvalue weighted by Crippen LogP contribution is 2.45. The number of likely N-dealkylation sites (tertiary alicyclic amines) is 2. The van der Waals surface area contributed by atoms with Crippen LogP contribution >= 0.6 is 0 Å². The number of pyridine rings is 1. The molecule has 3 fully saturated rings. The topological polar surface area (TPSA) is 56.7 Å². The minimum absolute atomic E-state index is 0.0320. The van der Waals surface area contributed by atoms with Gasteiger partial charge >= 0.3 is 5.97 Å². The Labute approximate surface area is 175 Å². The third-order valence-electron chi connectivity index (χ3n) is 7.76. The van der Waals surface area contributed by atoms with Gasteiger partial charge in [-0.1, -0.05) is 31.7 Å². The molecule has 1 aromatic heterocycles. The van der Waals surface area contributed by atoms with Crippen molar-refractivity contribution in [2.75, 3.05) is 32.7 Å². The minimum Gasteiger partial charge on any atom is -0.481 e. The van der Waals surface area contributed by atoms with E-state index in [4.69, 9.17) is 0 Å². The van der Waals surface area contributed by atoms with E-state index in [9.17, 15) is 9.90 Å². The number of aliphatic carboxylic acids is 1. The summed E-state index contributed by atoms with van der Waals surface area (Å²) in [5.74, 6) is 0.144. The minimum atomic E-state index is -0.586. The van der Waals surface area contributed by atoms with Gasteiger partial charge in [-0.2, -0.15) is 0 Å². The summed E-state index contributed by atoms with van der Waals surface area (Å²) in [5, 5.41) is 9.93. The number of rotatable bonds is 7. The Hall–Kier alpha value is -1.46. The maximum absolute atomic E-state index is 12.1. The molecule has 1 N–H and O–H groups in total. The molecule has 4 rings (SSSR count). The summed E-state index contributed by atoms with van der Waals surface area (Å²) in [5.41, 5.74) is 2.15. The lowest BCUT2D eigenvalue weighted by Gasteiger charge is -2.41. The van der Waals surface area contributed by atoms with Crippen LogP contribution in [0.5, 0.6) is 0 Å². The van der Waals surface area contributed by atoms with Gasteiger partial charge in [-0.3, -0.25) is 14.7 Å². The first-order valence-electron chi connectivity index (χ1n) is 11.6. The van der Waals surface area contributed by atoms with Gasteiger partial charge in [-0.05, 0) is 70.3 Å². The second kappa shape index (κ2) is 9.13. The molecule has 0 bridgehead atoms. The smallest absolute Gasteiger partial charge is 0.308 e. The van der Waals surface area contributed by atoms with Crippen molar-refractivity contribution >= 4 is 5.97 Å². The molecule has 0 amide bonds. The maximum Gasteiger partial charge on any atom is 0.308 e. The number of nitrogens with zero attached hydrogens (tertiary/aromatic N) is 3. The molecule has 0 radical (unpaired) electrons. The summed E-state index contributed by atoms with van der Waals surface area (Å²) < 4.78 is 0. The number of carboxylic acids is 1. The van der Waals surface area contributed by atoms with Crippen LogP contribution in [0.15, 0.2) is 18.2 Å². The SMILES string of the molecule is Cc1cccc(CN2CCC3(CC2)CN(CCCC2CCCC2)CC3C(=O)O)n1. The molecule has 2 saturated heterocycles. The van der Waals surface area contributed by atoms with Crippen LogP contribution in [0.1, 0.15) is 62.8 Å². The molecule has 29 heavy (non-hydrogen) atoms. The van der Waals surface area contributed by atoms with E-state index in [-0.39, 0.29) is 11.3 Å². The number of piperidine rings is 1. The predicted molar refractivity (Wildman–Crippen MR) is 115 cm³/mol. The van der Waals surface area contributed by atoms with Gasteiger partial charge in [-0.15, -0.1) is 0 Å². The molecule has 1 aliphatic carbocycles. The van der Waals surface area contributed by atoms with Gasteiger partial charge in [0, 0.05) is 30.7 Å². The molecule has 1 saturated carbocycles. The summed E-state index contributed by atoms with van der Waals surface area (Å²) in [6, 6.07) is 6.20. The Morgan fingerprint density at radius 3 is 2.66 bits per heavy atom. The van der Waals surface area contributed by atoms with Crippen LogP contribution in [0.3, 0.4) is 0 Å². The third kappa shape index (κ3) is 5.00. The molecule has 0 aromatic carbocycles. The van der Waals surface area contributed by atoms with Crippen LogP contribution in [-0.4, -0.2) is 58.6 Å². The average molecular weight is 400 g/mol. The predicted octanol–water partition coefficient (Wildman–Crippen LogP) is 3.96. The van der Waals surface area contributed by atoms with Crippen molar-refractivity contribution in [2.45, 2.75) is 64.8 Å².